The lowest BCUT2D eigenvalue weighted by Crippen LogP contribution is -2.29. The summed E-state index contributed by atoms with van der Waals surface area (Å²) >= 11 is 0. The van der Waals surface area contributed by atoms with Crippen molar-refractivity contribution in [2.24, 2.45) is 0 Å². The van der Waals surface area contributed by atoms with E-state index in [4.69, 9.17) is 0 Å². The van der Waals surface area contributed by atoms with Crippen LogP contribution in [0.3, 0.4) is 0 Å². The molecule has 3 aromatic rings. The molecule has 1 atom stereocenters. The van der Waals surface area contributed by atoms with Crippen LogP contribution in [0.5, 0.6) is 0 Å². The zero-order valence-corrected chi connectivity index (χ0v) is 18.4. The number of ketones is 1. The van der Waals surface area contributed by atoms with Crippen molar-refractivity contribution >= 4 is 17.4 Å². The summed E-state index contributed by atoms with van der Waals surface area (Å²) in [6, 6.07) is 19.7. The number of rotatable bonds is 4. The predicted octanol–water partition coefficient (Wildman–Crippen LogP) is 5.00. The van der Waals surface area contributed by atoms with Crippen LogP contribution in [0.2, 0.25) is 0 Å². The zero-order valence-electron chi connectivity index (χ0n) is 18.4. The lowest BCUT2D eigenvalue weighted by molar-refractivity contribution is -0.140. The molecule has 2 aromatic carbocycles. The van der Waals surface area contributed by atoms with Crippen LogP contribution < -0.4 is 0 Å². The molecule has 162 valence electrons. The second-order valence-electron chi connectivity index (χ2n) is 9.03. The first kappa shape index (κ1) is 21.5. The molecule has 5 nitrogen and oxygen atoms in total. The molecule has 1 saturated heterocycles. The molecule has 1 aliphatic heterocycles. The van der Waals surface area contributed by atoms with Crippen molar-refractivity contribution in [3.63, 3.8) is 0 Å². The number of hydrogen-bond acceptors (Lipinski definition) is 4. The molecule has 32 heavy (non-hydrogen) atoms. The molecule has 1 fully saturated rings. The third-order valence-corrected chi connectivity index (χ3v) is 5.76. The van der Waals surface area contributed by atoms with Gasteiger partial charge in [-0.3, -0.25) is 14.6 Å². The highest BCUT2D eigenvalue weighted by atomic mass is 16.3. The van der Waals surface area contributed by atoms with E-state index in [1.165, 1.54) is 4.90 Å². The van der Waals surface area contributed by atoms with E-state index in [0.717, 1.165) is 16.7 Å². The van der Waals surface area contributed by atoms with E-state index in [2.05, 4.69) is 25.8 Å². The van der Waals surface area contributed by atoms with Crippen molar-refractivity contribution in [1.29, 1.82) is 0 Å². The molecule has 0 unspecified atom stereocenters. The SMILES string of the molecule is CC(C)(C)c1ccc([C@@H]2C(=C(O)c3ccccc3)C(=O)C(=O)N2Cc2cccnc2)cc1. The van der Waals surface area contributed by atoms with Crippen LogP contribution in [0.25, 0.3) is 5.76 Å². The van der Waals surface area contributed by atoms with Gasteiger partial charge in [0.05, 0.1) is 11.6 Å². The van der Waals surface area contributed by atoms with Gasteiger partial charge in [-0.05, 0) is 28.2 Å². The van der Waals surface area contributed by atoms with Gasteiger partial charge in [-0.1, -0.05) is 81.4 Å². The van der Waals surface area contributed by atoms with Gasteiger partial charge in [0.1, 0.15) is 5.76 Å². The summed E-state index contributed by atoms with van der Waals surface area (Å²) in [5.41, 5.74) is 3.31. The average Bonchev–Trinajstić information content (AvgIpc) is 3.04. The highest BCUT2D eigenvalue weighted by Crippen LogP contribution is 2.40. The molecule has 0 saturated carbocycles. The van der Waals surface area contributed by atoms with Crippen molar-refractivity contribution in [3.05, 3.63) is 107 Å². The fourth-order valence-corrected chi connectivity index (χ4v) is 3.99. The maximum Gasteiger partial charge on any atom is 0.295 e. The van der Waals surface area contributed by atoms with Crippen LogP contribution in [-0.4, -0.2) is 26.7 Å². The van der Waals surface area contributed by atoms with Crippen molar-refractivity contribution in [2.75, 3.05) is 0 Å². The molecule has 0 spiro atoms. The van der Waals surface area contributed by atoms with Crippen molar-refractivity contribution in [2.45, 2.75) is 38.8 Å². The van der Waals surface area contributed by atoms with Crippen LogP contribution in [0.4, 0.5) is 0 Å². The standard InChI is InChI=1S/C27H26N2O3/c1-27(2,3)21-13-11-19(12-14-21)23-22(24(30)20-9-5-4-6-10-20)25(31)26(32)29(23)17-18-8-7-15-28-16-18/h4-16,23,30H,17H2,1-3H3/t23-/m1/s1. The summed E-state index contributed by atoms with van der Waals surface area (Å²) < 4.78 is 0. The molecular formula is C27H26N2O3. The molecule has 1 amide bonds. The fourth-order valence-electron chi connectivity index (χ4n) is 3.99. The number of aliphatic hydroxyl groups excluding tert-OH is 1. The number of carbonyl (C=O) groups is 2. The zero-order chi connectivity index (χ0) is 22.9. The minimum absolute atomic E-state index is 0.0277. The molecule has 1 aromatic heterocycles. The Bertz CT molecular complexity index is 1160. The van der Waals surface area contributed by atoms with Crippen LogP contribution >= 0.6 is 0 Å². The van der Waals surface area contributed by atoms with Crippen LogP contribution in [0.15, 0.2) is 84.7 Å². The second-order valence-corrected chi connectivity index (χ2v) is 9.03. The molecule has 2 heterocycles. The molecule has 1 aliphatic rings. The lowest BCUT2D eigenvalue weighted by atomic mass is 9.85. The number of hydrogen-bond donors (Lipinski definition) is 1. The minimum atomic E-state index is -0.690. The van der Waals surface area contributed by atoms with E-state index in [0.29, 0.717) is 5.56 Å². The summed E-state index contributed by atoms with van der Waals surface area (Å²) in [7, 11) is 0. The Morgan fingerprint density at radius 2 is 1.66 bits per heavy atom. The van der Waals surface area contributed by atoms with Crippen LogP contribution in [-0.2, 0) is 21.5 Å². The second kappa shape index (κ2) is 8.42. The third-order valence-electron chi connectivity index (χ3n) is 5.76. The summed E-state index contributed by atoms with van der Waals surface area (Å²) in [5.74, 6) is -1.47. The largest absolute Gasteiger partial charge is 0.507 e. The van der Waals surface area contributed by atoms with Gasteiger partial charge in [-0.2, -0.15) is 0 Å². The third kappa shape index (κ3) is 4.06. The molecule has 0 bridgehead atoms. The summed E-state index contributed by atoms with van der Waals surface area (Å²) in [6.45, 7) is 6.61. The number of carbonyl (C=O) groups excluding carboxylic acids is 2. The van der Waals surface area contributed by atoms with Gasteiger partial charge in [0, 0.05) is 24.5 Å². The molecule has 0 radical (unpaired) electrons. The van der Waals surface area contributed by atoms with E-state index < -0.39 is 17.7 Å². The van der Waals surface area contributed by atoms with Gasteiger partial charge in [-0.15, -0.1) is 0 Å². The normalized spacial score (nSPS) is 18.2. The summed E-state index contributed by atoms with van der Waals surface area (Å²) in [6.07, 6.45) is 3.34. The van der Waals surface area contributed by atoms with Gasteiger partial charge in [0.2, 0.25) is 0 Å². The highest BCUT2D eigenvalue weighted by molar-refractivity contribution is 6.46. The van der Waals surface area contributed by atoms with Crippen LogP contribution in [0, 0.1) is 0 Å². The highest BCUT2D eigenvalue weighted by Gasteiger charge is 2.46. The predicted molar refractivity (Wildman–Crippen MR) is 124 cm³/mol. The van der Waals surface area contributed by atoms with E-state index in [-0.39, 0.29) is 23.3 Å². The quantitative estimate of drug-likeness (QED) is 0.362. The first-order chi connectivity index (χ1) is 15.3. The van der Waals surface area contributed by atoms with Crippen molar-refractivity contribution < 1.29 is 14.7 Å². The molecule has 1 N–H and O–H groups in total. The van der Waals surface area contributed by atoms with E-state index in [1.807, 2.05) is 36.4 Å². The first-order valence-electron chi connectivity index (χ1n) is 10.6. The number of aliphatic hydroxyl groups is 1. The van der Waals surface area contributed by atoms with Gasteiger partial charge in [0.15, 0.2) is 0 Å². The Labute approximate surface area is 188 Å². The smallest absolute Gasteiger partial charge is 0.295 e. The molecule has 5 heteroatoms. The number of amides is 1. The van der Waals surface area contributed by atoms with Gasteiger partial charge < -0.3 is 10.0 Å². The fraction of sp³-hybridized carbons (Fsp3) is 0.222. The topological polar surface area (TPSA) is 70.5 Å². The Morgan fingerprint density at radius 1 is 0.969 bits per heavy atom. The number of aromatic nitrogens is 1. The average molecular weight is 427 g/mol. The van der Waals surface area contributed by atoms with Gasteiger partial charge >= 0.3 is 0 Å². The maximum absolute atomic E-state index is 13.1. The van der Waals surface area contributed by atoms with E-state index in [9.17, 15) is 14.7 Å². The van der Waals surface area contributed by atoms with Crippen LogP contribution in [0.1, 0.15) is 49.1 Å². The number of likely N-dealkylation sites (tertiary alicyclic amines) is 1. The Hall–Kier alpha value is -3.73. The Kier molecular flexibility index (Phi) is 5.66. The monoisotopic (exact) mass is 426 g/mol. The van der Waals surface area contributed by atoms with E-state index >= 15 is 0 Å². The Morgan fingerprint density at radius 3 is 2.25 bits per heavy atom. The van der Waals surface area contributed by atoms with Gasteiger partial charge in [-0.25, -0.2) is 0 Å². The molecule has 0 aliphatic carbocycles. The number of nitrogens with zero attached hydrogens (tertiary/aromatic N) is 2. The molecular weight excluding hydrogens is 400 g/mol. The van der Waals surface area contributed by atoms with Gasteiger partial charge in [0.25, 0.3) is 11.7 Å². The van der Waals surface area contributed by atoms with Crippen molar-refractivity contribution in [1.82, 2.24) is 9.88 Å². The maximum atomic E-state index is 13.1. The Balaban J connectivity index is 1.85. The van der Waals surface area contributed by atoms with E-state index in [1.54, 1.807) is 42.7 Å². The van der Waals surface area contributed by atoms with Crippen molar-refractivity contribution in [3.8, 4) is 0 Å². The lowest BCUT2D eigenvalue weighted by Gasteiger charge is -2.26. The summed E-state index contributed by atoms with van der Waals surface area (Å²) in [4.78, 5) is 31.8. The molecule has 4 rings (SSSR count). The summed E-state index contributed by atoms with van der Waals surface area (Å²) in [5, 5.41) is 11.1. The number of pyridine rings is 1. The first-order valence-corrected chi connectivity index (χ1v) is 10.6. The number of Topliss-reactive ketones (excluding diaryl/α,β-unsaturated/α-hetero) is 1. The number of benzene rings is 2. The minimum Gasteiger partial charge on any atom is -0.507 e.